The molecule has 0 saturated heterocycles. The molecule has 1 N–H and O–H groups in total. The van der Waals surface area contributed by atoms with Crippen molar-refractivity contribution < 1.29 is 4.42 Å². The predicted octanol–water partition coefficient (Wildman–Crippen LogP) is 3.02. The first-order chi connectivity index (χ1) is 7.50. The molecule has 0 amide bonds. The van der Waals surface area contributed by atoms with Gasteiger partial charge in [0.15, 0.2) is 0 Å². The molecule has 1 atom stereocenters. The molecule has 1 aromatic heterocycles. The Bertz CT molecular complexity index is 303. The number of hydrogen-bond donors (Lipinski definition) is 1. The second-order valence-corrected chi connectivity index (χ2v) is 5.50. The van der Waals surface area contributed by atoms with Crippen LogP contribution in [0.15, 0.2) is 9.64 Å². The largest absolute Gasteiger partial charge is 0.437 e. The third kappa shape index (κ3) is 4.18. The molecule has 3 nitrogen and oxygen atoms in total. The van der Waals surface area contributed by atoms with Gasteiger partial charge in [0.1, 0.15) is 5.76 Å². The van der Waals surface area contributed by atoms with Gasteiger partial charge in [-0.2, -0.15) is 0 Å². The van der Waals surface area contributed by atoms with Crippen LogP contribution in [0.25, 0.3) is 0 Å². The molecule has 0 bridgehead atoms. The van der Waals surface area contributed by atoms with E-state index in [1.54, 1.807) is 11.8 Å². The number of oxazole rings is 1. The van der Waals surface area contributed by atoms with Crippen molar-refractivity contribution in [2.45, 2.75) is 45.9 Å². The van der Waals surface area contributed by atoms with Crippen LogP contribution in [0.1, 0.15) is 32.2 Å². The number of nitrogens with zero attached hydrogens (tertiary/aromatic N) is 1. The Morgan fingerprint density at radius 1 is 1.31 bits per heavy atom. The molecule has 0 radical (unpaired) electrons. The van der Waals surface area contributed by atoms with Gasteiger partial charge in [0.2, 0.25) is 0 Å². The Kier molecular flexibility index (Phi) is 5.35. The Morgan fingerprint density at radius 2 is 2.00 bits per heavy atom. The summed E-state index contributed by atoms with van der Waals surface area (Å²) in [7, 11) is 0. The van der Waals surface area contributed by atoms with Crippen LogP contribution >= 0.6 is 11.8 Å². The number of nitrogens with one attached hydrogen (secondary N) is 1. The molecular weight excluding hydrogens is 220 g/mol. The quantitative estimate of drug-likeness (QED) is 0.614. The highest BCUT2D eigenvalue weighted by Gasteiger charge is 2.07. The zero-order chi connectivity index (χ0) is 12.1. The van der Waals surface area contributed by atoms with Crippen LogP contribution in [0.5, 0.6) is 0 Å². The summed E-state index contributed by atoms with van der Waals surface area (Å²) in [5.74, 6) is 2.60. The topological polar surface area (TPSA) is 38.1 Å². The van der Waals surface area contributed by atoms with Gasteiger partial charge in [0.25, 0.3) is 5.22 Å². The first kappa shape index (κ1) is 13.6. The van der Waals surface area contributed by atoms with Crippen LogP contribution < -0.4 is 5.32 Å². The van der Waals surface area contributed by atoms with Crippen LogP contribution in [0.2, 0.25) is 0 Å². The molecule has 0 aromatic carbocycles. The normalized spacial score (nSPS) is 13.4. The summed E-state index contributed by atoms with van der Waals surface area (Å²) >= 11 is 1.67. The lowest BCUT2D eigenvalue weighted by Gasteiger charge is -2.16. The van der Waals surface area contributed by atoms with Gasteiger partial charge in [-0.05, 0) is 26.7 Å². The average molecular weight is 242 g/mol. The van der Waals surface area contributed by atoms with Gasteiger partial charge in [-0.15, -0.1) is 0 Å². The second kappa shape index (κ2) is 6.30. The fourth-order valence-electron chi connectivity index (χ4n) is 1.17. The molecule has 16 heavy (non-hydrogen) atoms. The van der Waals surface area contributed by atoms with Gasteiger partial charge in [-0.3, -0.25) is 0 Å². The monoisotopic (exact) mass is 242 g/mol. The van der Waals surface area contributed by atoms with Crippen molar-refractivity contribution >= 4 is 11.8 Å². The second-order valence-electron chi connectivity index (χ2n) is 4.46. The summed E-state index contributed by atoms with van der Waals surface area (Å²) in [4.78, 5) is 4.33. The summed E-state index contributed by atoms with van der Waals surface area (Å²) in [6.45, 7) is 11.6. The van der Waals surface area contributed by atoms with Crippen molar-refractivity contribution in [2.24, 2.45) is 5.92 Å². The zero-order valence-electron chi connectivity index (χ0n) is 10.8. The van der Waals surface area contributed by atoms with Gasteiger partial charge in [-0.25, -0.2) is 4.98 Å². The lowest BCUT2D eigenvalue weighted by molar-refractivity contribution is 0.428. The van der Waals surface area contributed by atoms with Gasteiger partial charge in [0.05, 0.1) is 5.69 Å². The fraction of sp³-hybridized carbons (Fsp3) is 0.750. The molecule has 0 aliphatic carbocycles. The van der Waals surface area contributed by atoms with Crippen molar-refractivity contribution in [3.63, 3.8) is 0 Å². The van der Waals surface area contributed by atoms with E-state index in [-0.39, 0.29) is 0 Å². The molecule has 0 fully saturated rings. The summed E-state index contributed by atoms with van der Waals surface area (Å²) < 4.78 is 5.49. The number of aromatic nitrogens is 1. The maximum atomic E-state index is 5.49. The first-order valence-electron chi connectivity index (χ1n) is 5.81. The van der Waals surface area contributed by atoms with Gasteiger partial charge < -0.3 is 9.73 Å². The third-order valence-electron chi connectivity index (χ3n) is 2.80. The van der Waals surface area contributed by atoms with Crippen LogP contribution in [-0.2, 0) is 0 Å². The van der Waals surface area contributed by atoms with Gasteiger partial charge >= 0.3 is 0 Å². The molecule has 0 aliphatic rings. The molecule has 1 heterocycles. The number of aryl methyl sites for hydroxylation is 2. The number of rotatable bonds is 6. The lowest BCUT2D eigenvalue weighted by Crippen LogP contribution is -2.32. The van der Waals surface area contributed by atoms with E-state index >= 15 is 0 Å². The summed E-state index contributed by atoms with van der Waals surface area (Å²) in [5, 5.41) is 4.27. The minimum atomic E-state index is 0.564. The Labute approximate surface area is 102 Å². The first-order valence-corrected chi connectivity index (χ1v) is 6.79. The van der Waals surface area contributed by atoms with E-state index < -0.39 is 0 Å². The maximum Gasteiger partial charge on any atom is 0.256 e. The molecule has 0 aliphatic heterocycles. The molecule has 1 unspecified atom stereocenters. The van der Waals surface area contributed by atoms with Crippen molar-refractivity contribution in [1.82, 2.24) is 10.3 Å². The Balaban J connectivity index is 2.21. The average Bonchev–Trinajstić information content (AvgIpc) is 2.53. The van der Waals surface area contributed by atoms with Crippen LogP contribution in [0, 0.1) is 19.8 Å². The van der Waals surface area contributed by atoms with Crippen LogP contribution in [0.3, 0.4) is 0 Å². The van der Waals surface area contributed by atoms with E-state index in [1.807, 2.05) is 13.8 Å². The van der Waals surface area contributed by atoms with Crippen molar-refractivity contribution in [2.75, 3.05) is 12.3 Å². The van der Waals surface area contributed by atoms with E-state index in [0.29, 0.717) is 12.0 Å². The molecule has 0 saturated carbocycles. The van der Waals surface area contributed by atoms with Gasteiger partial charge in [0, 0.05) is 18.3 Å². The van der Waals surface area contributed by atoms with Crippen molar-refractivity contribution in [1.29, 1.82) is 0 Å². The van der Waals surface area contributed by atoms with Crippen molar-refractivity contribution in [3.05, 3.63) is 11.5 Å². The van der Waals surface area contributed by atoms with Crippen molar-refractivity contribution in [3.8, 4) is 0 Å². The molecule has 92 valence electrons. The summed E-state index contributed by atoms with van der Waals surface area (Å²) in [5.41, 5.74) is 0.992. The third-order valence-corrected chi connectivity index (χ3v) is 3.63. The highest BCUT2D eigenvalue weighted by Crippen LogP contribution is 2.19. The minimum Gasteiger partial charge on any atom is -0.437 e. The number of thioether (sulfide) groups is 1. The highest BCUT2D eigenvalue weighted by atomic mass is 32.2. The molecule has 1 aromatic rings. The molecular formula is C12H22N2OS. The SMILES string of the molecule is Cc1nc(SCCNC(C)C(C)C)oc1C. The molecule has 4 heteroatoms. The van der Waals surface area contributed by atoms with Crippen LogP contribution in [0.4, 0.5) is 0 Å². The summed E-state index contributed by atoms with van der Waals surface area (Å²) in [6, 6.07) is 0.564. The number of hydrogen-bond acceptors (Lipinski definition) is 4. The molecule has 1 rings (SSSR count). The maximum absolute atomic E-state index is 5.49. The predicted molar refractivity (Wildman–Crippen MR) is 69.0 cm³/mol. The minimum absolute atomic E-state index is 0.564. The fourth-order valence-corrected chi connectivity index (χ4v) is 1.95. The molecule has 0 spiro atoms. The van der Waals surface area contributed by atoms with E-state index in [9.17, 15) is 0 Å². The van der Waals surface area contributed by atoms with E-state index in [2.05, 4.69) is 31.1 Å². The highest BCUT2D eigenvalue weighted by molar-refractivity contribution is 7.99. The smallest absolute Gasteiger partial charge is 0.256 e. The zero-order valence-corrected chi connectivity index (χ0v) is 11.6. The van der Waals surface area contributed by atoms with E-state index in [1.165, 1.54) is 0 Å². The Hall–Kier alpha value is -0.480. The Morgan fingerprint density at radius 3 is 2.50 bits per heavy atom. The van der Waals surface area contributed by atoms with Gasteiger partial charge in [-0.1, -0.05) is 25.6 Å². The summed E-state index contributed by atoms with van der Waals surface area (Å²) in [6.07, 6.45) is 0. The lowest BCUT2D eigenvalue weighted by atomic mass is 10.1. The van der Waals surface area contributed by atoms with E-state index in [4.69, 9.17) is 4.42 Å². The van der Waals surface area contributed by atoms with E-state index in [0.717, 1.165) is 29.0 Å². The van der Waals surface area contributed by atoms with Crippen LogP contribution in [-0.4, -0.2) is 23.3 Å². The standard InChI is InChI=1S/C12H22N2OS/c1-8(2)9(3)13-6-7-16-12-14-10(4)11(5)15-12/h8-9,13H,6-7H2,1-5H3.